The lowest BCUT2D eigenvalue weighted by molar-refractivity contribution is 0.0513. The minimum atomic E-state index is -2.14. The molecule has 0 heterocycles. The highest BCUT2D eigenvalue weighted by molar-refractivity contribution is 5.18. The fraction of sp³-hybridized carbons (Fsp3) is 0.789. The Morgan fingerprint density at radius 2 is 1.67 bits per heavy atom. The van der Waals surface area contributed by atoms with Crippen LogP contribution in [0.1, 0.15) is 64.7 Å². The Kier molecular flexibility index (Phi) is 6.74. The molecule has 21 heavy (non-hydrogen) atoms. The third-order valence-corrected chi connectivity index (χ3v) is 5.34. The minimum Gasteiger partial charge on any atom is -0.210 e. The molecule has 0 aromatic carbocycles. The molecule has 0 nitrogen and oxygen atoms in total. The summed E-state index contributed by atoms with van der Waals surface area (Å²) in [6, 6.07) is 0. The SMILES string of the molecule is CCC1CCC(/C=C/C#CC2CCC(C(F)F)CC2)CC1. The molecular weight excluding hydrogens is 266 g/mol. The van der Waals surface area contributed by atoms with Crippen LogP contribution in [0.15, 0.2) is 12.2 Å². The van der Waals surface area contributed by atoms with Gasteiger partial charge in [0.25, 0.3) is 0 Å². The van der Waals surface area contributed by atoms with Gasteiger partial charge in [0.1, 0.15) is 0 Å². The summed E-state index contributed by atoms with van der Waals surface area (Å²) in [6.07, 6.45) is 11.7. The van der Waals surface area contributed by atoms with Crippen molar-refractivity contribution in [2.24, 2.45) is 23.7 Å². The van der Waals surface area contributed by atoms with Crippen molar-refractivity contribution in [2.75, 3.05) is 0 Å². The van der Waals surface area contributed by atoms with E-state index in [1.165, 1.54) is 32.1 Å². The van der Waals surface area contributed by atoms with E-state index in [1.807, 2.05) is 6.08 Å². The first kappa shape index (κ1) is 16.5. The maximum absolute atomic E-state index is 12.6. The van der Waals surface area contributed by atoms with Gasteiger partial charge in [-0.25, -0.2) is 8.78 Å². The van der Waals surface area contributed by atoms with Gasteiger partial charge in [-0.2, -0.15) is 0 Å². The molecule has 0 saturated heterocycles. The van der Waals surface area contributed by atoms with Gasteiger partial charge >= 0.3 is 0 Å². The van der Waals surface area contributed by atoms with Crippen molar-refractivity contribution < 1.29 is 8.78 Å². The molecular formula is C19H28F2. The van der Waals surface area contributed by atoms with E-state index in [2.05, 4.69) is 24.8 Å². The highest BCUT2D eigenvalue weighted by atomic mass is 19.3. The Labute approximate surface area is 128 Å². The lowest BCUT2D eigenvalue weighted by Crippen LogP contribution is -2.19. The molecule has 2 aliphatic carbocycles. The van der Waals surface area contributed by atoms with Crippen LogP contribution in [0, 0.1) is 35.5 Å². The number of rotatable bonds is 3. The molecule has 0 atom stereocenters. The number of hydrogen-bond acceptors (Lipinski definition) is 0. The third-order valence-electron chi connectivity index (χ3n) is 5.34. The fourth-order valence-corrected chi connectivity index (χ4v) is 3.65. The Balaban J connectivity index is 1.68. The molecule has 0 spiro atoms. The molecule has 0 radical (unpaired) electrons. The number of hydrogen-bond donors (Lipinski definition) is 0. The third kappa shape index (κ3) is 5.46. The Morgan fingerprint density at radius 1 is 1.00 bits per heavy atom. The first-order valence-electron chi connectivity index (χ1n) is 8.65. The van der Waals surface area contributed by atoms with Gasteiger partial charge in [-0.15, -0.1) is 0 Å². The monoisotopic (exact) mass is 294 g/mol. The van der Waals surface area contributed by atoms with Gasteiger partial charge in [0.05, 0.1) is 0 Å². The van der Waals surface area contributed by atoms with Crippen LogP contribution in [0.3, 0.4) is 0 Å². The summed E-state index contributed by atoms with van der Waals surface area (Å²) < 4.78 is 25.1. The maximum atomic E-state index is 12.6. The van der Waals surface area contributed by atoms with Crippen molar-refractivity contribution in [1.82, 2.24) is 0 Å². The summed E-state index contributed by atoms with van der Waals surface area (Å²) in [7, 11) is 0. The highest BCUT2D eigenvalue weighted by Crippen LogP contribution is 2.32. The second kappa shape index (κ2) is 8.57. The Morgan fingerprint density at radius 3 is 2.24 bits per heavy atom. The molecule has 2 rings (SSSR count). The van der Waals surface area contributed by atoms with Crippen LogP contribution in [0.5, 0.6) is 0 Å². The molecule has 2 heteroatoms. The molecule has 0 aromatic heterocycles. The quantitative estimate of drug-likeness (QED) is 0.574. The van der Waals surface area contributed by atoms with Crippen LogP contribution in [0.4, 0.5) is 8.78 Å². The van der Waals surface area contributed by atoms with E-state index in [4.69, 9.17) is 0 Å². The van der Waals surface area contributed by atoms with Gasteiger partial charge in [-0.05, 0) is 69.3 Å². The average Bonchev–Trinajstić information content (AvgIpc) is 2.52. The molecule has 2 saturated carbocycles. The van der Waals surface area contributed by atoms with E-state index < -0.39 is 6.43 Å². The standard InChI is InChI=1S/C19H28F2/c1-2-15-7-9-16(10-8-15)5-3-4-6-17-11-13-18(14-12-17)19(20)21/h3,5,15-19H,2,7-14H2,1H3/b5-3+. The van der Waals surface area contributed by atoms with Gasteiger partial charge in [-0.1, -0.05) is 31.3 Å². The summed E-state index contributed by atoms with van der Waals surface area (Å²) in [4.78, 5) is 0. The second-order valence-corrected chi connectivity index (χ2v) is 6.78. The van der Waals surface area contributed by atoms with Gasteiger partial charge in [0.15, 0.2) is 0 Å². The predicted molar refractivity (Wildman–Crippen MR) is 84.1 cm³/mol. The minimum absolute atomic E-state index is 0.334. The van der Waals surface area contributed by atoms with Crippen LogP contribution >= 0.6 is 0 Å². The molecule has 0 amide bonds. The fourth-order valence-electron chi connectivity index (χ4n) is 3.65. The van der Waals surface area contributed by atoms with Crippen LogP contribution in [0.25, 0.3) is 0 Å². The Hall–Kier alpha value is -0.840. The predicted octanol–water partition coefficient (Wildman–Crippen LogP) is 5.83. The van der Waals surface area contributed by atoms with Crippen LogP contribution < -0.4 is 0 Å². The van der Waals surface area contributed by atoms with Crippen LogP contribution in [-0.2, 0) is 0 Å². The van der Waals surface area contributed by atoms with E-state index in [-0.39, 0.29) is 5.92 Å². The zero-order valence-electron chi connectivity index (χ0n) is 13.2. The molecule has 0 unspecified atom stereocenters. The van der Waals surface area contributed by atoms with Crippen LogP contribution in [-0.4, -0.2) is 6.43 Å². The lowest BCUT2D eigenvalue weighted by Gasteiger charge is -2.25. The van der Waals surface area contributed by atoms with E-state index in [9.17, 15) is 8.78 Å². The first-order valence-corrected chi connectivity index (χ1v) is 8.65. The van der Waals surface area contributed by atoms with E-state index in [1.54, 1.807) is 0 Å². The van der Waals surface area contributed by atoms with Crippen molar-refractivity contribution >= 4 is 0 Å². The first-order chi connectivity index (χ1) is 10.2. The van der Waals surface area contributed by atoms with Gasteiger partial charge < -0.3 is 0 Å². The molecule has 2 aliphatic rings. The average molecular weight is 294 g/mol. The maximum Gasteiger partial charge on any atom is 0.241 e. The smallest absolute Gasteiger partial charge is 0.210 e. The number of alkyl halides is 2. The summed E-state index contributed by atoms with van der Waals surface area (Å²) in [6.45, 7) is 2.29. The molecule has 0 aliphatic heterocycles. The van der Waals surface area contributed by atoms with Crippen molar-refractivity contribution in [1.29, 1.82) is 0 Å². The van der Waals surface area contributed by atoms with Crippen LogP contribution in [0.2, 0.25) is 0 Å². The topological polar surface area (TPSA) is 0 Å². The largest absolute Gasteiger partial charge is 0.241 e. The van der Waals surface area contributed by atoms with Crippen molar-refractivity contribution in [3.63, 3.8) is 0 Å². The van der Waals surface area contributed by atoms with Gasteiger partial charge in [0, 0.05) is 11.8 Å². The summed E-state index contributed by atoms with van der Waals surface area (Å²) in [5.41, 5.74) is 0. The van der Waals surface area contributed by atoms with Crippen molar-refractivity contribution in [3.05, 3.63) is 12.2 Å². The number of allylic oxidation sites excluding steroid dienone is 2. The van der Waals surface area contributed by atoms with Crippen molar-refractivity contribution in [3.8, 4) is 11.8 Å². The number of halogens is 2. The molecule has 0 aromatic rings. The Bertz CT molecular complexity index is 372. The summed E-state index contributed by atoms with van der Waals surface area (Å²) >= 11 is 0. The van der Waals surface area contributed by atoms with Gasteiger partial charge in [-0.3, -0.25) is 0 Å². The van der Waals surface area contributed by atoms with E-state index in [0.717, 1.165) is 18.8 Å². The second-order valence-electron chi connectivity index (χ2n) is 6.78. The van der Waals surface area contributed by atoms with Gasteiger partial charge in [0.2, 0.25) is 6.43 Å². The lowest BCUT2D eigenvalue weighted by atomic mass is 9.81. The summed E-state index contributed by atoms with van der Waals surface area (Å²) in [5.74, 6) is 8.01. The molecule has 0 bridgehead atoms. The van der Waals surface area contributed by atoms with Crippen molar-refractivity contribution in [2.45, 2.75) is 71.1 Å². The molecule has 2 fully saturated rings. The van der Waals surface area contributed by atoms with E-state index >= 15 is 0 Å². The highest BCUT2D eigenvalue weighted by Gasteiger charge is 2.26. The molecule has 118 valence electrons. The summed E-state index contributed by atoms with van der Waals surface area (Å²) in [5, 5.41) is 0. The normalized spacial score (nSPS) is 33.9. The zero-order valence-corrected chi connectivity index (χ0v) is 13.2. The molecule has 0 N–H and O–H groups in total. The van der Waals surface area contributed by atoms with E-state index in [0.29, 0.717) is 24.7 Å². The zero-order chi connectivity index (χ0) is 15.1.